The number of amides is 1. The van der Waals surface area contributed by atoms with E-state index in [1.165, 1.54) is 0 Å². The molecule has 0 saturated heterocycles. The maximum Gasteiger partial charge on any atom is 0.262 e. The molecular formula is C8H8N2O2. The molecule has 1 aromatic heterocycles. The smallest absolute Gasteiger partial charge is 0.262 e. The molecule has 12 heavy (non-hydrogen) atoms. The van der Waals surface area contributed by atoms with Crippen molar-refractivity contribution < 1.29 is 9.53 Å². The van der Waals surface area contributed by atoms with Gasteiger partial charge in [-0.2, -0.15) is 0 Å². The van der Waals surface area contributed by atoms with Crippen molar-refractivity contribution in [3.05, 3.63) is 18.0 Å². The number of rotatable bonds is 0. The molecule has 1 amide bonds. The van der Waals surface area contributed by atoms with E-state index in [2.05, 4.69) is 10.3 Å². The summed E-state index contributed by atoms with van der Waals surface area (Å²) in [6, 6.07) is 0. The highest BCUT2D eigenvalue weighted by atomic mass is 16.5. The Morgan fingerprint density at radius 1 is 1.58 bits per heavy atom. The van der Waals surface area contributed by atoms with Crippen LogP contribution in [0.1, 0.15) is 5.56 Å². The number of aryl methyl sites for hydroxylation is 1. The Labute approximate surface area is 69.6 Å². The first kappa shape index (κ1) is 7.09. The standard InChI is InChI=1S/C8H8N2O2/c1-5-2-9-3-6-8(5)12-4-7(11)10-6/h2-3H,4H2,1H3,(H,10,11). The van der Waals surface area contributed by atoms with Gasteiger partial charge in [0.2, 0.25) is 0 Å². The van der Waals surface area contributed by atoms with E-state index in [1.54, 1.807) is 12.4 Å². The Morgan fingerprint density at radius 2 is 2.42 bits per heavy atom. The summed E-state index contributed by atoms with van der Waals surface area (Å²) >= 11 is 0. The first-order chi connectivity index (χ1) is 5.77. The number of hydrogen-bond donors (Lipinski definition) is 1. The number of fused-ring (bicyclic) bond motifs is 1. The summed E-state index contributed by atoms with van der Waals surface area (Å²) in [6.45, 7) is 1.99. The molecule has 1 aliphatic heterocycles. The lowest BCUT2D eigenvalue weighted by molar-refractivity contribution is -0.118. The molecule has 0 saturated carbocycles. The van der Waals surface area contributed by atoms with Crippen LogP contribution in [-0.4, -0.2) is 17.5 Å². The van der Waals surface area contributed by atoms with Crippen LogP contribution in [0.25, 0.3) is 0 Å². The number of pyridine rings is 1. The number of nitrogens with one attached hydrogen (secondary N) is 1. The fourth-order valence-electron chi connectivity index (χ4n) is 1.16. The highest BCUT2D eigenvalue weighted by Gasteiger charge is 2.17. The zero-order chi connectivity index (χ0) is 8.55. The van der Waals surface area contributed by atoms with E-state index in [0.29, 0.717) is 5.69 Å². The van der Waals surface area contributed by atoms with Gasteiger partial charge in [-0.05, 0) is 6.92 Å². The van der Waals surface area contributed by atoms with Crippen LogP contribution in [0.2, 0.25) is 0 Å². The molecule has 4 heteroatoms. The van der Waals surface area contributed by atoms with Crippen molar-refractivity contribution in [2.75, 3.05) is 11.9 Å². The van der Waals surface area contributed by atoms with E-state index in [-0.39, 0.29) is 12.5 Å². The quantitative estimate of drug-likeness (QED) is 0.614. The van der Waals surface area contributed by atoms with E-state index in [0.717, 1.165) is 11.3 Å². The fourth-order valence-corrected chi connectivity index (χ4v) is 1.16. The van der Waals surface area contributed by atoms with Gasteiger partial charge < -0.3 is 10.1 Å². The second-order valence-corrected chi connectivity index (χ2v) is 2.67. The Morgan fingerprint density at radius 3 is 3.25 bits per heavy atom. The molecule has 0 radical (unpaired) electrons. The van der Waals surface area contributed by atoms with Crippen molar-refractivity contribution in [1.82, 2.24) is 4.98 Å². The summed E-state index contributed by atoms with van der Waals surface area (Å²) < 4.78 is 5.21. The minimum atomic E-state index is -0.130. The van der Waals surface area contributed by atoms with E-state index in [4.69, 9.17) is 4.74 Å². The van der Waals surface area contributed by atoms with Crippen molar-refractivity contribution in [2.45, 2.75) is 6.92 Å². The van der Waals surface area contributed by atoms with Crippen molar-refractivity contribution in [3.8, 4) is 5.75 Å². The molecule has 0 unspecified atom stereocenters. The molecular weight excluding hydrogens is 156 g/mol. The molecule has 0 spiro atoms. The summed E-state index contributed by atoms with van der Waals surface area (Å²) in [7, 11) is 0. The molecule has 0 aliphatic carbocycles. The number of aromatic nitrogens is 1. The van der Waals surface area contributed by atoms with Crippen LogP contribution in [0.4, 0.5) is 5.69 Å². The van der Waals surface area contributed by atoms with Crippen LogP contribution >= 0.6 is 0 Å². The van der Waals surface area contributed by atoms with E-state index >= 15 is 0 Å². The lowest BCUT2D eigenvalue weighted by Crippen LogP contribution is -2.25. The van der Waals surface area contributed by atoms with Crippen molar-refractivity contribution in [2.24, 2.45) is 0 Å². The second kappa shape index (κ2) is 2.48. The molecule has 0 fully saturated rings. The monoisotopic (exact) mass is 164 g/mol. The second-order valence-electron chi connectivity index (χ2n) is 2.67. The van der Waals surface area contributed by atoms with Gasteiger partial charge in [0.05, 0.1) is 6.20 Å². The van der Waals surface area contributed by atoms with Crippen LogP contribution in [-0.2, 0) is 4.79 Å². The van der Waals surface area contributed by atoms with Crippen LogP contribution in [0.5, 0.6) is 5.75 Å². The molecule has 1 aliphatic rings. The Balaban J connectivity index is 2.48. The predicted molar refractivity (Wildman–Crippen MR) is 43.1 cm³/mol. The molecule has 1 aromatic rings. The molecule has 2 rings (SSSR count). The number of anilines is 1. The summed E-state index contributed by atoms with van der Waals surface area (Å²) in [6.07, 6.45) is 3.29. The maximum absolute atomic E-state index is 10.9. The van der Waals surface area contributed by atoms with Crippen molar-refractivity contribution in [1.29, 1.82) is 0 Å². The number of nitrogens with zero attached hydrogens (tertiary/aromatic N) is 1. The summed E-state index contributed by atoms with van der Waals surface area (Å²) in [5.74, 6) is 0.597. The van der Waals surface area contributed by atoms with Crippen LogP contribution in [0, 0.1) is 6.92 Å². The molecule has 0 bridgehead atoms. The molecule has 0 atom stereocenters. The highest BCUT2D eigenvalue weighted by Crippen LogP contribution is 2.29. The third-order valence-corrected chi connectivity index (χ3v) is 1.70. The van der Waals surface area contributed by atoms with Gasteiger partial charge in [-0.3, -0.25) is 9.78 Å². The largest absolute Gasteiger partial charge is 0.481 e. The number of carbonyl (C=O) groups excluding carboxylic acids is 1. The van der Waals surface area contributed by atoms with Crippen molar-refractivity contribution >= 4 is 11.6 Å². The van der Waals surface area contributed by atoms with E-state index < -0.39 is 0 Å². The van der Waals surface area contributed by atoms with Gasteiger partial charge in [0.1, 0.15) is 11.4 Å². The first-order valence-corrected chi connectivity index (χ1v) is 3.64. The molecule has 2 heterocycles. The third kappa shape index (κ3) is 1.01. The van der Waals surface area contributed by atoms with E-state index in [1.807, 2.05) is 6.92 Å². The molecule has 1 N–H and O–H groups in total. The minimum absolute atomic E-state index is 0.0951. The third-order valence-electron chi connectivity index (χ3n) is 1.70. The summed E-state index contributed by atoms with van der Waals surface area (Å²) in [5, 5.41) is 2.67. The van der Waals surface area contributed by atoms with Crippen LogP contribution in [0.3, 0.4) is 0 Å². The Kier molecular flexibility index (Phi) is 1.46. The Hall–Kier alpha value is -1.58. The van der Waals surface area contributed by atoms with Gasteiger partial charge in [0.25, 0.3) is 5.91 Å². The zero-order valence-corrected chi connectivity index (χ0v) is 6.63. The number of carbonyl (C=O) groups is 1. The Bertz CT molecular complexity index is 336. The average Bonchev–Trinajstić information content (AvgIpc) is 2.04. The average molecular weight is 164 g/mol. The predicted octanol–water partition coefficient (Wildman–Crippen LogP) is 0.721. The minimum Gasteiger partial charge on any atom is -0.481 e. The molecule has 0 aromatic carbocycles. The number of hydrogen-bond acceptors (Lipinski definition) is 3. The number of ether oxygens (including phenoxy) is 1. The summed E-state index contributed by atoms with van der Waals surface area (Å²) in [5.41, 5.74) is 1.60. The SMILES string of the molecule is Cc1cncc2c1OCC(=O)N2. The normalized spacial score (nSPS) is 14.6. The van der Waals surface area contributed by atoms with Crippen molar-refractivity contribution in [3.63, 3.8) is 0 Å². The van der Waals surface area contributed by atoms with Crippen LogP contribution in [0.15, 0.2) is 12.4 Å². The van der Waals surface area contributed by atoms with Crippen LogP contribution < -0.4 is 10.1 Å². The highest BCUT2D eigenvalue weighted by molar-refractivity contribution is 5.95. The van der Waals surface area contributed by atoms with Gasteiger partial charge in [0.15, 0.2) is 6.61 Å². The van der Waals surface area contributed by atoms with E-state index in [9.17, 15) is 4.79 Å². The van der Waals surface area contributed by atoms with Gasteiger partial charge >= 0.3 is 0 Å². The van der Waals surface area contributed by atoms with Gasteiger partial charge in [0, 0.05) is 11.8 Å². The topological polar surface area (TPSA) is 51.2 Å². The van der Waals surface area contributed by atoms with Gasteiger partial charge in [-0.1, -0.05) is 0 Å². The lowest BCUT2D eigenvalue weighted by atomic mass is 10.2. The van der Waals surface area contributed by atoms with Gasteiger partial charge in [-0.15, -0.1) is 0 Å². The fraction of sp³-hybridized carbons (Fsp3) is 0.250. The summed E-state index contributed by atoms with van der Waals surface area (Å²) in [4.78, 5) is 14.8. The van der Waals surface area contributed by atoms with Gasteiger partial charge in [-0.25, -0.2) is 0 Å². The molecule has 4 nitrogen and oxygen atoms in total. The maximum atomic E-state index is 10.9. The lowest BCUT2D eigenvalue weighted by Gasteiger charge is -2.18. The molecule has 62 valence electrons. The zero-order valence-electron chi connectivity index (χ0n) is 6.63. The first-order valence-electron chi connectivity index (χ1n) is 3.64.